The first kappa shape index (κ1) is 27.9. The maximum Gasteiger partial charge on any atom is 0.128 e. The zero-order chi connectivity index (χ0) is 39.9. The Hall–Kier alpha value is -5.74. The number of hydrogen-bond donors (Lipinski definition) is 0. The smallest absolute Gasteiger partial charge is 0.128 e. The van der Waals surface area contributed by atoms with Gasteiger partial charge in [0.05, 0.1) is 5.58 Å². The van der Waals surface area contributed by atoms with Gasteiger partial charge in [-0.25, -0.2) is 0 Å². The SMILES string of the molecule is Cc1cc2ccncc2c(-c2cccc3c2oc2c(-c4cc(-c5ccccc5)ccn4)[c-]ccc23)c1C.[2H]C([2H])([2H])c1c[c-]c(-c2ccc(C([2H])([2H])[2H])cn2)cc1.[Ir]. The zero-order valence-electron chi connectivity index (χ0n) is 34.4. The third-order valence-electron chi connectivity index (χ3n) is 9.17. The van der Waals surface area contributed by atoms with Crippen molar-refractivity contribution in [2.75, 3.05) is 0 Å². The molecule has 0 bridgehead atoms. The van der Waals surface area contributed by atoms with Crippen LogP contribution in [0.2, 0.25) is 0 Å². The van der Waals surface area contributed by atoms with E-state index in [1.807, 2.05) is 36.8 Å². The molecule has 0 aliphatic rings. The van der Waals surface area contributed by atoms with Crippen LogP contribution in [0.25, 0.3) is 77.5 Å². The van der Waals surface area contributed by atoms with Gasteiger partial charge in [0, 0.05) is 69.5 Å². The topological polar surface area (TPSA) is 51.8 Å². The maximum absolute atomic E-state index is 7.28. The second-order valence-electron chi connectivity index (χ2n) is 12.4. The van der Waals surface area contributed by atoms with Crippen molar-refractivity contribution in [3.63, 3.8) is 0 Å². The van der Waals surface area contributed by atoms with Crippen molar-refractivity contribution in [3.8, 4) is 44.8 Å². The fourth-order valence-electron chi connectivity index (χ4n) is 6.49. The molecular formula is C47H35IrN3O-2. The molecule has 4 nitrogen and oxygen atoms in total. The van der Waals surface area contributed by atoms with E-state index in [0.29, 0.717) is 11.3 Å². The number of rotatable bonds is 4. The number of hydrogen-bond acceptors (Lipinski definition) is 4. The molecule has 0 saturated heterocycles. The van der Waals surface area contributed by atoms with E-state index in [9.17, 15) is 0 Å². The molecule has 0 unspecified atom stereocenters. The molecular weight excluding hydrogens is 815 g/mol. The zero-order valence-corrected chi connectivity index (χ0v) is 30.8. The molecule has 0 amide bonds. The van der Waals surface area contributed by atoms with E-state index >= 15 is 0 Å². The average molecular weight is 856 g/mol. The van der Waals surface area contributed by atoms with Crippen LogP contribution < -0.4 is 0 Å². The molecule has 5 aromatic carbocycles. The van der Waals surface area contributed by atoms with Gasteiger partial charge < -0.3 is 14.4 Å². The number of nitrogens with zero attached hydrogens (tertiary/aromatic N) is 3. The number of aromatic nitrogens is 3. The minimum absolute atomic E-state index is 0. The third kappa shape index (κ3) is 6.69. The van der Waals surface area contributed by atoms with Crippen LogP contribution in [-0.2, 0) is 20.1 Å². The predicted octanol–water partition coefficient (Wildman–Crippen LogP) is 12.1. The summed E-state index contributed by atoms with van der Waals surface area (Å²) in [4.78, 5) is 13.2. The molecule has 4 aromatic heterocycles. The molecule has 0 spiro atoms. The molecule has 4 heterocycles. The van der Waals surface area contributed by atoms with Crippen LogP contribution in [0.4, 0.5) is 0 Å². The van der Waals surface area contributed by atoms with Crippen LogP contribution >= 0.6 is 0 Å². The van der Waals surface area contributed by atoms with Crippen LogP contribution in [0.1, 0.15) is 30.5 Å². The van der Waals surface area contributed by atoms with E-state index < -0.39 is 13.7 Å². The van der Waals surface area contributed by atoms with Gasteiger partial charge in [0.25, 0.3) is 0 Å². The van der Waals surface area contributed by atoms with Crippen molar-refractivity contribution in [2.45, 2.75) is 27.6 Å². The molecule has 1 radical (unpaired) electrons. The summed E-state index contributed by atoms with van der Waals surface area (Å²) in [6.07, 6.45) is 6.96. The number of fused-ring (bicyclic) bond motifs is 4. The van der Waals surface area contributed by atoms with Crippen molar-refractivity contribution in [2.24, 2.45) is 0 Å². The summed E-state index contributed by atoms with van der Waals surface area (Å²) >= 11 is 0. The summed E-state index contributed by atoms with van der Waals surface area (Å²) in [6.45, 7) is 0.000666. The van der Waals surface area contributed by atoms with Gasteiger partial charge in [-0.15, -0.1) is 53.6 Å². The summed E-state index contributed by atoms with van der Waals surface area (Å²) in [5.41, 5.74) is 11.9. The molecule has 52 heavy (non-hydrogen) atoms. The molecule has 5 heteroatoms. The molecule has 0 aliphatic heterocycles. The first-order chi connectivity index (χ1) is 27.4. The first-order valence-electron chi connectivity index (χ1n) is 19.6. The predicted molar refractivity (Wildman–Crippen MR) is 209 cm³/mol. The van der Waals surface area contributed by atoms with E-state index in [1.165, 1.54) is 46.5 Å². The second-order valence-corrected chi connectivity index (χ2v) is 12.4. The fraction of sp³-hybridized carbons (Fsp3) is 0.0851. The number of benzene rings is 5. The molecule has 0 saturated carbocycles. The third-order valence-corrected chi connectivity index (χ3v) is 9.17. The summed E-state index contributed by atoms with van der Waals surface area (Å²) in [5.74, 6) is 0. The molecule has 0 atom stereocenters. The summed E-state index contributed by atoms with van der Waals surface area (Å²) in [5, 5.41) is 4.45. The largest absolute Gasteiger partial charge is 0.500 e. The van der Waals surface area contributed by atoms with Gasteiger partial charge >= 0.3 is 0 Å². The van der Waals surface area contributed by atoms with Gasteiger partial charge in [0.1, 0.15) is 5.58 Å². The van der Waals surface area contributed by atoms with E-state index in [4.69, 9.17) is 17.6 Å². The number of pyridine rings is 3. The minimum Gasteiger partial charge on any atom is -0.500 e. The standard InChI is InChI=1S/C34H23N2O.C13H12N.Ir/c1-21-18-25-14-16-35-20-30(25)32(22(21)2)29-13-7-11-27-26-10-6-12-28(33(26)37-34(27)29)31-19-24(15-17-36-31)23-8-4-3-5-9-23;1-10-3-6-12(7-4-10)13-8-5-11(2)9-14-13;/h3-11,13-20H,1-2H3;3-6,8-9H,1-2H3;/q2*-1;/i;1D3,2D3;. The van der Waals surface area contributed by atoms with Crippen molar-refractivity contribution in [3.05, 3.63) is 174 Å². The molecule has 9 rings (SSSR count). The van der Waals surface area contributed by atoms with Gasteiger partial charge in [-0.2, -0.15) is 0 Å². The average Bonchev–Trinajstić information content (AvgIpc) is 3.61. The Morgan fingerprint density at radius 1 is 0.654 bits per heavy atom. The summed E-state index contributed by atoms with van der Waals surface area (Å²) in [6, 6.07) is 43.1. The Balaban J connectivity index is 0.000000208. The van der Waals surface area contributed by atoms with Crippen LogP contribution in [0.3, 0.4) is 0 Å². The number of aryl methyl sites for hydroxylation is 3. The van der Waals surface area contributed by atoms with E-state index in [-0.39, 0.29) is 31.2 Å². The van der Waals surface area contributed by atoms with Crippen molar-refractivity contribution >= 4 is 32.7 Å². The van der Waals surface area contributed by atoms with E-state index in [1.54, 1.807) is 12.1 Å². The van der Waals surface area contributed by atoms with Gasteiger partial charge in [0.2, 0.25) is 0 Å². The summed E-state index contributed by atoms with van der Waals surface area (Å²) in [7, 11) is 0. The van der Waals surface area contributed by atoms with Crippen molar-refractivity contribution in [1.29, 1.82) is 0 Å². The van der Waals surface area contributed by atoms with Crippen LogP contribution in [0, 0.1) is 39.7 Å². The Morgan fingerprint density at radius 3 is 2.29 bits per heavy atom. The van der Waals surface area contributed by atoms with Crippen molar-refractivity contribution in [1.82, 2.24) is 15.0 Å². The van der Waals surface area contributed by atoms with Gasteiger partial charge in [-0.1, -0.05) is 90.6 Å². The Morgan fingerprint density at radius 2 is 1.50 bits per heavy atom. The van der Waals surface area contributed by atoms with Crippen LogP contribution in [-0.4, -0.2) is 15.0 Å². The molecule has 255 valence electrons. The number of furan rings is 1. The molecule has 0 aliphatic carbocycles. The first-order valence-corrected chi connectivity index (χ1v) is 16.6. The van der Waals surface area contributed by atoms with Crippen LogP contribution in [0.5, 0.6) is 0 Å². The second kappa shape index (κ2) is 14.9. The van der Waals surface area contributed by atoms with E-state index in [2.05, 4.69) is 103 Å². The Kier molecular flexibility index (Phi) is 7.97. The molecule has 0 fully saturated rings. The minimum atomic E-state index is -2.18. The quantitative estimate of drug-likeness (QED) is 0.166. The van der Waals surface area contributed by atoms with E-state index in [0.717, 1.165) is 55.3 Å². The van der Waals surface area contributed by atoms with Crippen molar-refractivity contribution < 1.29 is 32.7 Å². The molecule has 9 aromatic rings. The monoisotopic (exact) mass is 856 g/mol. The normalized spacial score (nSPS) is 13.1. The maximum atomic E-state index is 7.28. The Labute approximate surface area is 326 Å². The van der Waals surface area contributed by atoms with Gasteiger partial charge in [0.15, 0.2) is 0 Å². The Bertz CT molecular complexity index is 2830. The number of para-hydroxylation sites is 1. The summed E-state index contributed by atoms with van der Waals surface area (Å²) < 4.78 is 50.4. The fourth-order valence-corrected chi connectivity index (χ4v) is 6.49. The van der Waals surface area contributed by atoms with Gasteiger partial charge in [-0.3, -0.25) is 4.98 Å². The van der Waals surface area contributed by atoms with Crippen LogP contribution in [0.15, 0.2) is 144 Å². The molecule has 0 N–H and O–H groups in total. The van der Waals surface area contributed by atoms with Gasteiger partial charge in [-0.05, 0) is 83.0 Å².